The SMILES string of the molecule is Cl.Cl.O=C(c1ccc(CN2CCCC2)o1)N1C[C@@H]2CNC[C@@H]2[C@H]1c1cccc(F)c1. The monoisotopic (exact) mass is 455 g/mol. The molecule has 1 amide bonds. The maximum Gasteiger partial charge on any atom is 0.290 e. The average Bonchev–Trinajstić information content (AvgIpc) is 3.46. The summed E-state index contributed by atoms with van der Waals surface area (Å²) >= 11 is 0. The molecule has 0 unspecified atom stereocenters. The van der Waals surface area contributed by atoms with Crippen LogP contribution in [-0.4, -0.2) is 48.4 Å². The molecule has 3 saturated heterocycles. The van der Waals surface area contributed by atoms with E-state index in [1.165, 1.54) is 18.9 Å². The van der Waals surface area contributed by atoms with Crippen molar-refractivity contribution in [3.8, 4) is 0 Å². The summed E-state index contributed by atoms with van der Waals surface area (Å²) < 4.78 is 19.8. The van der Waals surface area contributed by atoms with Crippen LogP contribution in [0.5, 0.6) is 0 Å². The molecule has 4 heterocycles. The van der Waals surface area contributed by atoms with Gasteiger partial charge in [-0.05, 0) is 61.7 Å². The van der Waals surface area contributed by atoms with Gasteiger partial charge in [-0.15, -0.1) is 24.8 Å². The number of carbonyl (C=O) groups excluding carboxylic acids is 1. The molecular formula is C22H28Cl2FN3O2. The van der Waals surface area contributed by atoms with Crippen LogP contribution in [0.1, 0.15) is 40.8 Å². The highest BCUT2D eigenvalue weighted by molar-refractivity contribution is 5.92. The number of fused-ring (bicyclic) bond motifs is 1. The van der Waals surface area contributed by atoms with E-state index in [4.69, 9.17) is 4.42 Å². The van der Waals surface area contributed by atoms with Crippen LogP contribution in [-0.2, 0) is 6.54 Å². The van der Waals surface area contributed by atoms with E-state index in [9.17, 15) is 9.18 Å². The number of halogens is 3. The Balaban J connectivity index is 0.00000128. The fraction of sp³-hybridized carbons (Fsp3) is 0.500. The molecule has 0 saturated carbocycles. The number of amides is 1. The van der Waals surface area contributed by atoms with Crippen LogP contribution in [0.25, 0.3) is 0 Å². The number of hydrogen-bond acceptors (Lipinski definition) is 4. The van der Waals surface area contributed by atoms with Crippen molar-refractivity contribution < 1.29 is 13.6 Å². The molecule has 1 aromatic heterocycles. The summed E-state index contributed by atoms with van der Waals surface area (Å²) in [7, 11) is 0. The Hall–Kier alpha value is -1.60. The highest BCUT2D eigenvalue weighted by Crippen LogP contribution is 2.43. The lowest BCUT2D eigenvalue weighted by Crippen LogP contribution is -2.34. The third-order valence-corrected chi connectivity index (χ3v) is 6.47. The number of nitrogens with one attached hydrogen (secondary N) is 1. The summed E-state index contributed by atoms with van der Waals surface area (Å²) in [5.41, 5.74) is 0.869. The lowest BCUT2D eigenvalue weighted by Gasteiger charge is -2.27. The molecule has 2 aromatic rings. The summed E-state index contributed by atoms with van der Waals surface area (Å²) in [6, 6.07) is 10.3. The van der Waals surface area contributed by atoms with Gasteiger partial charge in [0.05, 0.1) is 12.6 Å². The lowest BCUT2D eigenvalue weighted by atomic mass is 9.89. The summed E-state index contributed by atoms with van der Waals surface area (Å²) in [6.45, 7) is 5.38. The largest absolute Gasteiger partial charge is 0.455 e. The second-order valence-corrected chi connectivity index (χ2v) is 8.29. The lowest BCUT2D eigenvalue weighted by molar-refractivity contribution is 0.0678. The maximum atomic E-state index is 13.9. The summed E-state index contributed by atoms with van der Waals surface area (Å²) in [5.74, 6) is 1.60. The van der Waals surface area contributed by atoms with Crippen LogP contribution in [0.15, 0.2) is 40.8 Å². The van der Waals surface area contributed by atoms with Gasteiger partial charge < -0.3 is 14.6 Å². The van der Waals surface area contributed by atoms with Crippen molar-refractivity contribution in [1.82, 2.24) is 15.1 Å². The van der Waals surface area contributed by atoms with Gasteiger partial charge in [0, 0.05) is 25.6 Å². The number of likely N-dealkylation sites (tertiary alicyclic amines) is 2. The number of nitrogens with zero attached hydrogens (tertiary/aromatic N) is 2. The van der Waals surface area contributed by atoms with Crippen LogP contribution in [0, 0.1) is 17.7 Å². The highest BCUT2D eigenvalue weighted by atomic mass is 35.5. The van der Waals surface area contributed by atoms with Crippen molar-refractivity contribution in [2.75, 3.05) is 32.7 Å². The van der Waals surface area contributed by atoms with Gasteiger partial charge in [0.1, 0.15) is 11.6 Å². The molecule has 3 fully saturated rings. The molecule has 1 aromatic carbocycles. The zero-order chi connectivity index (χ0) is 19.1. The first-order valence-electron chi connectivity index (χ1n) is 10.3. The fourth-order valence-corrected chi connectivity index (χ4v) is 5.13. The number of rotatable bonds is 4. The molecule has 0 radical (unpaired) electrons. The molecular weight excluding hydrogens is 428 g/mol. The fourth-order valence-electron chi connectivity index (χ4n) is 5.13. The van der Waals surface area contributed by atoms with Gasteiger partial charge in [-0.1, -0.05) is 12.1 Å². The first-order valence-corrected chi connectivity index (χ1v) is 10.3. The minimum absolute atomic E-state index is 0. The number of furan rings is 1. The summed E-state index contributed by atoms with van der Waals surface area (Å²) in [4.78, 5) is 17.5. The van der Waals surface area contributed by atoms with Crippen molar-refractivity contribution in [1.29, 1.82) is 0 Å². The molecule has 0 bridgehead atoms. The Kier molecular flexibility index (Phi) is 7.45. The van der Waals surface area contributed by atoms with Crippen molar-refractivity contribution >= 4 is 30.7 Å². The first-order chi connectivity index (χ1) is 13.7. The van der Waals surface area contributed by atoms with Crippen LogP contribution in [0.2, 0.25) is 0 Å². The maximum absolute atomic E-state index is 13.9. The zero-order valence-corrected chi connectivity index (χ0v) is 18.4. The van der Waals surface area contributed by atoms with Crippen LogP contribution >= 0.6 is 24.8 Å². The Morgan fingerprint density at radius 2 is 1.93 bits per heavy atom. The molecule has 3 atom stereocenters. The van der Waals surface area contributed by atoms with Gasteiger partial charge in [0.15, 0.2) is 5.76 Å². The second-order valence-electron chi connectivity index (χ2n) is 8.29. The van der Waals surface area contributed by atoms with Gasteiger partial charge in [0.2, 0.25) is 0 Å². The second kappa shape index (κ2) is 9.69. The molecule has 0 aliphatic carbocycles. The molecule has 3 aliphatic heterocycles. The van der Waals surface area contributed by atoms with E-state index < -0.39 is 0 Å². The van der Waals surface area contributed by atoms with E-state index in [1.807, 2.05) is 17.0 Å². The predicted molar refractivity (Wildman–Crippen MR) is 118 cm³/mol. The topological polar surface area (TPSA) is 48.7 Å². The summed E-state index contributed by atoms with van der Waals surface area (Å²) in [5, 5.41) is 3.42. The van der Waals surface area contributed by atoms with Gasteiger partial charge in [0.25, 0.3) is 5.91 Å². The predicted octanol–water partition coefficient (Wildman–Crippen LogP) is 3.89. The van der Waals surface area contributed by atoms with E-state index in [0.29, 0.717) is 24.1 Å². The van der Waals surface area contributed by atoms with Gasteiger partial charge in [-0.3, -0.25) is 9.69 Å². The normalized spacial score (nSPS) is 25.6. The molecule has 0 spiro atoms. The zero-order valence-electron chi connectivity index (χ0n) is 16.8. The number of benzene rings is 1. The van der Waals surface area contributed by atoms with Gasteiger partial charge in [-0.2, -0.15) is 0 Å². The van der Waals surface area contributed by atoms with Crippen molar-refractivity contribution in [3.63, 3.8) is 0 Å². The number of hydrogen-bond donors (Lipinski definition) is 1. The highest BCUT2D eigenvalue weighted by Gasteiger charge is 2.47. The number of carbonyl (C=O) groups is 1. The molecule has 5 nitrogen and oxygen atoms in total. The molecule has 1 N–H and O–H groups in total. The molecule has 8 heteroatoms. The van der Waals surface area contributed by atoms with Crippen LogP contribution < -0.4 is 5.32 Å². The van der Waals surface area contributed by atoms with Crippen LogP contribution in [0.4, 0.5) is 4.39 Å². The molecule has 30 heavy (non-hydrogen) atoms. The van der Waals surface area contributed by atoms with Crippen LogP contribution in [0.3, 0.4) is 0 Å². The van der Waals surface area contributed by atoms with E-state index >= 15 is 0 Å². The Labute approximate surface area is 188 Å². The van der Waals surface area contributed by atoms with E-state index in [0.717, 1.165) is 44.0 Å². The van der Waals surface area contributed by atoms with Crippen molar-refractivity contribution in [3.05, 3.63) is 59.3 Å². The smallest absolute Gasteiger partial charge is 0.290 e. The van der Waals surface area contributed by atoms with Crippen molar-refractivity contribution in [2.45, 2.75) is 25.4 Å². The summed E-state index contributed by atoms with van der Waals surface area (Å²) in [6.07, 6.45) is 2.46. The Bertz CT molecular complexity index is 872. The van der Waals surface area contributed by atoms with Gasteiger partial charge >= 0.3 is 0 Å². The molecule has 3 aliphatic rings. The quantitative estimate of drug-likeness (QED) is 0.759. The van der Waals surface area contributed by atoms with E-state index in [-0.39, 0.29) is 42.6 Å². The first kappa shape index (κ1) is 23.1. The standard InChI is InChI=1S/C22H26FN3O2.2ClH/c23-17-5-3-4-15(10-17)21-19-12-24-11-16(19)13-26(21)22(27)20-7-6-18(28-20)14-25-8-1-2-9-25;;/h3-7,10,16,19,21,24H,1-2,8-9,11-14H2;2*1H/t16-,19-,21+;;/m0../s1. The third kappa shape index (κ3) is 4.37. The third-order valence-electron chi connectivity index (χ3n) is 6.47. The minimum atomic E-state index is -0.259. The van der Waals surface area contributed by atoms with Crippen molar-refractivity contribution in [2.24, 2.45) is 11.8 Å². The van der Waals surface area contributed by atoms with Gasteiger partial charge in [-0.25, -0.2) is 4.39 Å². The molecule has 164 valence electrons. The Morgan fingerprint density at radius 3 is 2.70 bits per heavy atom. The Morgan fingerprint density at radius 1 is 1.13 bits per heavy atom. The van der Waals surface area contributed by atoms with E-state index in [1.54, 1.807) is 18.2 Å². The minimum Gasteiger partial charge on any atom is -0.455 e. The average molecular weight is 456 g/mol. The van der Waals surface area contributed by atoms with E-state index in [2.05, 4.69) is 10.2 Å². The molecule has 5 rings (SSSR count).